The maximum absolute atomic E-state index is 12.6. The van der Waals surface area contributed by atoms with Crippen LogP contribution in [0.2, 0.25) is 5.02 Å². The van der Waals surface area contributed by atoms with Gasteiger partial charge >= 0.3 is 0 Å². The van der Waals surface area contributed by atoms with E-state index in [0.717, 1.165) is 5.69 Å². The average molecular weight is 309 g/mol. The third kappa shape index (κ3) is 1.88. The van der Waals surface area contributed by atoms with E-state index in [2.05, 4.69) is 0 Å². The molecule has 1 unspecified atom stereocenters. The summed E-state index contributed by atoms with van der Waals surface area (Å²) in [5.41, 5.74) is 1.36. The van der Waals surface area contributed by atoms with Crippen LogP contribution in [-0.4, -0.2) is 16.2 Å². The molecule has 0 aliphatic carbocycles. The highest BCUT2D eigenvalue weighted by Gasteiger charge is 2.28. The molecule has 1 aliphatic heterocycles. The number of rotatable bonds is 1. The lowest BCUT2D eigenvalue weighted by atomic mass is 10.2. The van der Waals surface area contributed by atoms with Crippen molar-refractivity contribution in [1.29, 1.82) is 0 Å². The van der Waals surface area contributed by atoms with E-state index in [1.165, 1.54) is 12.1 Å². The summed E-state index contributed by atoms with van der Waals surface area (Å²) in [7, 11) is 0.365. The molecule has 0 spiro atoms. The van der Waals surface area contributed by atoms with Gasteiger partial charge < -0.3 is 4.90 Å². The summed E-state index contributed by atoms with van der Waals surface area (Å²) in [6.07, 6.45) is 0. The number of hydrogen-bond acceptors (Lipinski definition) is 4. The molecule has 1 atom stereocenters. The molecule has 2 aromatic rings. The summed E-state index contributed by atoms with van der Waals surface area (Å²) in [6, 6.07) is 9.45. The molecule has 0 bridgehead atoms. The minimum Gasteiger partial charge on any atom is -0.343 e. The molecular formula is C13H9ClN2O3S. The molecule has 0 amide bonds. The normalized spacial score (nSPS) is 16.5. The number of anilines is 2. The van der Waals surface area contributed by atoms with Crippen molar-refractivity contribution in [2.75, 3.05) is 11.9 Å². The Kier molecular flexibility index (Phi) is 2.99. The first-order chi connectivity index (χ1) is 9.49. The summed E-state index contributed by atoms with van der Waals surface area (Å²) in [5.74, 6) is 0. The standard InChI is InChI=1S/C13H9ClN2O3S/c1-15-10-4-3-9(16(17)18)7-13(10)20(19)12-5-2-8(14)6-11(12)15/h2-7H,1H3. The zero-order chi connectivity index (χ0) is 14.4. The van der Waals surface area contributed by atoms with Crippen molar-refractivity contribution in [1.82, 2.24) is 0 Å². The largest absolute Gasteiger partial charge is 0.343 e. The molecular weight excluding hydrogens is 300 g/mol. The zero-order valence-corrected chi connectivity index (χ0v) is 11.9. The molecule has 20 heavy (non-hydrogen) atoms. The fraction of sp³-hybridized carbons (Fsp3) is 0.0769. The lowest BCUT2D eigenvalue weighted by Gasteiger charge is -2.29. The van der Waals surface area contributed by atoms with Crippen LogP contribution in [0.25, 0.3) is 0 Å². The molecule has 0 radical (unpaired) electrons. The summed E-state index contributed by atoms with van der Waals surface area (Å²) in [4.78, 5) is 13.2. The minimum absolute atomic E-state index is 0.0667. The minimum atomic E-state index is -1.45. The third-order valence-electron chi connectivity index (χ3n) is 3.20. The molecule has 0 N–H and O–H groups in total. The van der Waals surface area contributed by atoms with Gasteiger partial charge in [-0.15, -0.1) is 0 Å². The van der Waals surface area contributed by atoms with E-state index in [-0.39, 0.29) is 5.69 Å². The van der Waals surface area contributed by atoms with Crippen LogP contribution in [0.5, 0.6) is 0 Å². The second-order valence-electron chi connectivity index (χ2n) is 4.35. The van der Waals surface area contributed by atoms with Crippen LogP contribution in [0.3, 0.4) is 0 Å². The summed E-state index contributed by atoms with van der Waals surface area (Å²) in [6.45, 7) is 0. The zero-order valence-electron chi connectivity index (χ0n) is 10.4. The first kappa shape index (κ1) is 13.1. The van der Waals surface area contributed by atoms with Crippen molar-refractivity contribution >= 4 is 39.5 Å². The highest BCUT2D eigenvalue weighted by Crippen LogP contribution is 2.43. The van der Waals surface area contributed by atoms with Crippen molar-refractivity contribution in [2.24, 2.45) is 0 Å². The van der Waals surface area contributed by atoms with Gasteiger partial charge in [-0.25, -0.2) is 4.21 Å². The third-order valence-corrected chi connectivity index (χ3v) is 4.90. The maximum Gasteiger partial charge on any atom is 0.270 e. The summed E-state index contributed by atoms with van der Waals surface area (Å²) < 4.78 is 12.6. The second-order valence-corrected chi connectivity index (χ2v) is 6.20. The van der Waals surface area contributed by atoms with Gasteiger partial charge in [0, 0.05) is 24.2 Å². The monoisotopic (exact) mass is 308 g/mol. The molecule has 0 saturated heterocycles. The summed E-state index contributed by atoms with van der Waals surface area (Å²) >= 11 is 5.97. The molecule has 102 valence electrons. The van der Waals surface area contributed by atoms with Gasteiger partial charge in [0.05, 0.1) is 36.9 Å². The fourth-order valence-corrected chi connectivity index (χ4v) is 3.80. The molecule has 0 saturated carbocycles. The molecule has 2 aromatic carbocycles. The number of halogens is 1. The summed E-state index contributed by atoms with van der Waals surface area (Å²) in [5, 5.41) is 11.4. The Morgan fingerprint density at radius 2 is 1.90 bits per heavy atom. The van der Waals surface area contributed by atoms with Crippen LogP contribution in [0.4, 0.5) is 17.1 Å². The number of hydrogen-bond donors (Lipinski definition) is 0. The van der Waals surface area contributed by atoms with Crippen molar-refractivity contribution in [3.63, 3.8) is 0 Å². The Bertz CT molecular complexity index is 763. The number of benzene rings is 2. The van der Waals surface area contributed by atoms with Gasteiger partial charge in [-0.05, 0) is 24.3 Å². The SMILES string of the molecule is CN1c2cc(Cl)ccc2S(=O)c2cc([N+](=O)[O-])ccc21. The van der Waals surface area contributed by atoms with Gasteiger partial charge in [0.1, 0.15) is 0 Å². The Morgan fingerprint density at radius 1 is 1.15 bits per heavy atom. The van der Waals surface area contributed by atoms with Crippen LogP contribution in [0.1, 0.15) is 0 Å². The van der Waals surface area contributed by atoms with Crippen LogP contribution in [0, 0.1) is 10.1 Å². The quantitative estimate of drug-likeness (QED) is 0.597. The Labute approximate surface area is 122 Å². The van der Waals surface area contributed by atoms with Gasteiger partial charge in [0.2, 0.25) is 0 Å². The van der Waals surface area contributed by atoms with Gasteiger partial charge in [0.15, 0.2) is 0 Å². The number of nitrogens with zero attached hydrogens (tertiary/aromatic N) is 2. The first-order valence-corrected chi connectivity index (χ1v) is 7.25. The van der Waals surface area contributed by atoms with Crippen molar-refractivity contribution in [3.8, 4) is 0 Å². The van der Waals surface area contributed by atoms with E-state index >= 15 is 0 Å². The Balaban J connectivity index is 2.23. The molecule has 3 rings (SSSR count). The van der Waals surface area contributed by atoms with E-state index in [1.54, 1.807) is 24.3 Å². The Morgan fingerprint density at radius 3 is 2.60 bits per heavy atom. The topological polar surface area (TPSA) is 63.5 Å². The average Bonchev–Trinajstić information content (AvgIpc) is 2.44. The van der Waals surface area contributed by atoms with Crippen LogP contribution < -0.4 is 4.90 Å². The predicted octanol–water partition coefficient (Wildman–Crippen LogP) is 3.50. The van der Waals surface area contributed by atoms with Gasteiger partial charge in [-0.2, -0.15) is 0 Å². The van der Waals surface area contributed by atoms with Crippen LogP contribution in [-0.2, 0) is 10.8 Å². The van der Waals surface area contributed by atoms with Crippen molar-refractivity contribution in [2.45, 2.75) is 9.79 Å². The molecule has 0 aromatic heterocycles. The van der Waals surface area contributed by atoms with Crippen molar-refractivity contribution < 1.29 is 9.13 Å². The molecule has 0 fully saturated rings. The lowest BCUT2D eigenvalue weighted by molar-refractivity contribution is -0.385. The van der Waals surface area contributed by atoms with Gasteiger partial charge in [-0.1, -0.05) is 11.6 Å². The molecule has 1 aliphatic rings. The maximum atomic E-state index is 12.6. The van der Waals surface area contributed by atoms with Gasteiger partial charge in [-0.3, -0.25) is 10.1 Å². The lowest BCUT2D eigenvalue weighted by Crippen LogP contribution is -2.19. The van der Waals surface area contributed by atoms with E-state index in [4.69, 9.17) is 11.6 Å². The Hall–Kier alpha value is -1.92. The van der Waals surface area contributed by atoms with E-state index in [0.29, 0.717) is 20.5 Å². The number of nitro groups is 1. The van der Waals surface area contributed by atoms with E-state index < -0.39 is 15.7 Å². The van der Waals surface area contributed by atoms with E-state index in [9.17, 15) is 14.3 Å². The van der Waals surface area contributed by atoms with Crippen LogP contribution >= 0.6 is 11.6 Å². The predicted molar refractivity (Wildman–Crippen MR) is 77.3 cm³/mol. The number of non-ortho nitro benzene ring substituents is 1. The number of fused-ring (bicyclic) bond motifs is 2. The smallest absolute Gasteiger partial charge is 0.270 e. The fourth-order valence-electron chi connectivity index (χ4n) is 2.20. The highest BCUT2D eigenvalue weighted by molar-refractivity contribution is 7.85. The van der Waals surface area contributed by atoms with Crippen LogP contribution in [0.15, 0.2) is 46.2 Å². The molecule has 7 heteroatoms. The first-order valence-electron chi connectivity index (χ1n) is 5.72. The van der Waals surface area contributed by atoms with E-state index in [1.807, 2.05) is 11.9 Å². The van der Waals surface area contributed by atoms with Gasteiger partial charge in [0.25, 0.3) is 5.69 Å². The second kappa shape index (κ2) is 4.57. The van der Waals surface area contributed by atoms with Crippen molar-refractivity contribution in [3.05, 3.63) is 51.5 Å². The number of nitro benzene ring substituents is 1. The molecule has 1 heterocycles. The molecule has 5 nitrogen and oxygen atoms in total. The highest BCUT2D eigenvalue weighted by atomic mass is 35.5.